The average Bonchev–Trinajstić information content (AvgIpc) is 2.78. The van der Waals surface area contributed by atoms with Crippen LogP contribution in [0.25, 0.3) is 0 Å². The first-order valence-corrected chi connectivity index (χ1v) is 11.8. The highest BCUT2D eigenvalue weighted by Crippen LogP contribution is 2.36. The van der Waals surface area contributed by atoms with Crippen LogP contribution >= 0.6 is 0 Å². The molecule has 1 aromatic heterocycles. The summed E-state index contributed by atoms with van der Waals surface area (Å²) in [6.07, 6.45) is 4.86. The summed E-state index contributed by atoms with van der Waals surface area (Å²) in [6, 6.07) is 10.1. The molecule has 1 saturated heterocycles. The third-order valence-corrected chi connectivity index (χ3v) is 6.53. The number of hydrogen-bond donors (Lipinski definition) is 0. The number of likely N-dealkylation sites (tertiary alicyclic amines) is 1. The van der Waals surface area contributed by atoms with Crippen LogP contribution in [0.2, 0.25) is 0 Å². The number of rotatable bonds is 4. The van der Waals surface area contributed by atoms with Gasteiger partial charge >= 0.3 is 0 Å². The molecule has 0 spiro atoms. The Hall–Kier alpha value is -2.76. The molecular formula is C26H34N4O2. The van der Waals surface area contributed by atoms with Gasteiger partial charge < -0.3 is 4.90 Å². The van der Waals surface area contributed by atoms with Gasteiger partial charge in [0, 0.05) is 36.2 Å². The molecule has 4 rings (SSSR count). The SMILES string of the molecule is Cc1nc([C@@H]2CCCCN2C(=O)C(C)(C)C)nc2c1CCC(=O)N2CCc1ccccc1. The highest BCUT2D eigenvalue weighted by Gasteiger charge is 2.37. The fourth-order valence-corrected chi connectivity index (χ4v) is 4.74. The summed E-state index contributed by atoms with van der Waals surface area (Å²) in [5.74, 6) is 1.67. The Bertz CT molecular complexity index is 997. The first kappa shape index (κ1) is 22.4. The summed E-state index contributed by atoms with van der Waals surface area (Å²) in [6.45, 7) is 9.23. The maximum Gasteiger partial charge on any atom is 0.228 e. The Kier molecular flexibility index (Phi) is 6.31. The van der Waals surface area contributed by atoms with E-state index in [1.807, 2.05) is 55.7 Å². The Morgan fingerprint density at radius 1 is 1.09 bits per heavy atom. The molecule has 1 aromatic carbocycles. The number of anilines is 1. The molecule has 0 N–H and O–H groups in total. The van der Waals surface area contributed by atoms with E-state index in [1.54, 1.807) is 0 Å². The van der Waals surface area contributed by atoms with E-state index < -0.39 is 5.41 Å². The van der Waals surface area contributed by atoms with E-state index in [0.717, 1.165) is 49.3 Å². The van der Waals surface area contributed by atoms with Gasteiger partial charge in [-0.05, 0) is 44.6 Å². The average molecular weight is 435 g/mol. The van der Waals surface area contributed by atoms with Gasteiger partial charge in [-0.2, -0.15) is 0 Å². The lowest BCUT2D eigenvalue weighted by Gasteiger charge is -2.39. The molecule has 2 amide bonds. The van der Waals surface area contributed by atoms with Crippen molar-refractivity contribution in [2.45, 2.75) is 72.3 Å². The second kappa shape index (κ2) is 9.00. The minimum Gasteiger partial charge on any atom is -0.332 e. The van der Waals surface area contributed by atoms with Crippen molar-refractivity contribution in [1.82, 2.24) is 14.9 Å². The quantitative estimate of drug-likeness (QED) is 0.715. The number of benzene rings is 1. The van der Waals surface area contributed by atoms with Crippen LogP contribution in [-0.4, -0.2) is 39.8 Å². The zero-order chi connectivity index (χ0) is 22.9. The Morgan fingerprint density at radius 3 is 2.56 bits per heavy atom. The van der Waals surface area contributed by atoms with Crippen molar-refractivity contribution in [3.8, 4) is 0 Å². The lowest BCUT2D eigenvalue weighted by atomic mass is 9.91. The van der Waals surface area contributed by atoms with Gasteiger partial charge in [0.15, 0.2) is 5.82 Å². The second-order valence-corrected chi connectivity index (χ2v) is 10.0. The number of piperidine rings is 1. The number of nitrogens with zero attached hydrogens (tertiary/aromatic N) is 4. The van der Waals surface area contributed by atoms with Crippen LogP contribution in [0.5, 0.6) is 0 Å². The van der Waals surface area contributed by atoms with Crippen molar-refractivity contribution in [1.29, 1.82) is 0 Å². The van der Waals surface area contributed by atoms with E-state index in [0.29, 0.717) is 25.2 Å². The lowest BCUT2D eigenvalue weighted by Crippen LogP contribution is -2.45. The number of amides is 2. The zero-order valence-electron chi connectivity index (χ0n) is 19.7. The van der Waals surface area contributed by atoms with Crippen molar-refractivity contribution in [2.75, 3.05) is 18.0 Å². The number of aryl methyl sites for hydroxylation is 1. The predicted molar refractivity (Wildman–Crippen MR) is 125 cm³/mol. The van der Waals surface area contributed by atoms with Crippen LogP contribution in [-0.2, 0) is 22.4 Å². The highest BCUT2D eigenvalue weighted by molar-refractivity contribution is 5.95. The Morgan fingerprint density at radius 2 is 1.84 bits per heavy atom. The zero-order valence-corrected chi connectivity index (χ0v) is 19.7. The second-order valence-electron chi connectivity index (χ2n) is 10.0. The molecule has 3 heterocycles. The molecule has 0 unspecified atom stereocenters. The smallest absolute Gasteiger partial charge is 0.228 e. The number of aromatic nitrogens is 2. The van der Waals surface area contributed by atoms with E-state index in [9.17, 15) is 9.59 Å². The summed E-state index contributed by atoms with van der Waals surface area (Å²) in [5.41, 5.74) is 2.74. The molecule has 32 heavy (non-hydrogen) atoms. The molecule has 2 aliphatic heterocycles. The number of hydrogen-bond acceptors (Lipinski definition) is 4. The topological polar surface area (TPSA) is 66.4 Å². The highest BCUT2D eigenvalue weighted by atomic mass is 16.2. The number of carbonyl (C=O) groups is 2. The normalized spacial score (nSPS) is 19.1. The monoisotopic (exact) mass is 434 g/mol. The summed E-state index contributed by atoms with van der Waals surface area (Å²) < 4.78 is 0. The number of fused-ring (bicyclic) bond motifs is 1. The van der Waals surface area contributed by atoms with Gasteiger partial charge in [-0.3, -0.25) is 14.5 Å². The van der Waals surface area contributed by atoms with Crippen molar-refractivity contribution in [3.63, 3.8) is 0 Å². The predicted octanol–water partition coefficient (Wildman–Crippen LogP) is 4.41. The van der Waals surface area contributed by atoms with Crippen LogP contribution in [0.1, 0.15) is 75.1 Å². The van der Waals surface area contributed by atoms with Gasteiger partial charge in [0.05, 0.1) is 6.04 Å². The first-order chi connectivity index (χ1) is 15.3. The summed E-state index contributed by atoms with van der Waals surface area (Å²) in [7, 11) is 0. The Labute approximate surface area is 191 Å². The fraction of sp³-hybridized carbons (Fsp3) is 0.538. The molecule has 170 valence electrons. The molecule has 0 bridgehead atoms. The van der Waals surface area contributed by atoms with Crippen molar-refractivity contribution in [2.24, 2.45) is 5.41 Å². The van der Waals surface area contributed by atoms with Crippen LogP contribution in [0.3, 0.4) is 0 Å². The minimum atomic E-state index is -0.448. The molecule has 2 aliphatic rings. The summed E-state index contributed by atoms with van der Waals surface area (Å²) in [4.78, 5) is 39.7. The third-order valence-electron chi connectivity index (χ3n) is 6.53. The molecule has 0 saturated carbocycles. The third kappa shape index (κ3) is 4.54. The standard InChI is InChI=1S/C26H34N4O2/c1-18-20-13-14-22(31)30(17-15-19-10-6-5-7-11-19)24(20)28-23(27-18)21-12-8-9-16-29(21)25(32)26(2,3)4/h5-7,10-11,21H,8-9,12-17H2,1-4H3/t21-/m0/s1. The van der Waals surface area contributed by atoms with E-state index in [4.69, 9.17) is 9.97 Å². The van der Waals surface area contributed by atoms with Crippen molar-refractivity contribution >= 4 is 17.6 Å². The summed E-state index contributed by atoms with van der Waals surface area (Å²) in [5, 5.41) is 0. The molecule has 0 radical (unpaired) electrons. The van der Waals surface area contributed by atoms with Crippen LogP contribution in [0, 0.1) is 12.3 Å². The molecule has 6 nitrogen and oxygen atoms in total. The molecule has 6 heteroatoms. The molecule has 1 fully saturated rings. The molecule has 1 atom stereocenters. The van der Waals surface area contributed by atoms with Gasteiger partial charge in [0.25, 0.3) is 0 Å². The molecule has 2 aromatic rings. The van der Waals surface area contributed by atoms with Gasteiger partial charge in [-0.15, -0.1) is 0 Å². The largest absolute Gasteiger partial charge is 0.332 e. The van der Waals surface area contributed by atoms with E-state index in [1.165, 1.54) is 5.56 Å². The van der Waals surface area contributed by atoms with Gasteiger partial charge in [-0.25, -0.2) is 9.97 Å². The fourth-order valence-electron chi connectivity index (χ4n) is 4.74. The van der Waals surface area contributed by atoms with E-state index >= 15 is 0 Å². The maximum absolute atomic E-state index is 13.2. The number of carbonyl (C=O) groups excluding carboxylic acids is 2. The molecule has 0 aliphatic carbocycles. The van der Waals surface area contributed by atoms with Crippen molar-refractivity contribution < 1.29 is 9.59 Å². The van der Waals surface area contributed by atoms with E-state index in [-0.39, 0.29) is 17.9 Å². The van der Waals surface area contributed by atoms with Crippen LogP contribution in [0.4, 0.5) is 5.82 Å². The maximum atomic E-state index is 13.2. The molecular weight excluding hydrogens is 400 g/mol. The van der Waals surface area contributed by atoms with Crippen LogP contribution < -0.4 is 4.90 Å². The summed E-state index contributed by atoms with van der Waals surface area (Å²) >= 11 is 0. The van der Waals surface area contributed by atoms with Gasteiger partial charge in [0.2, 0.25) is 11.8 Å². The Balaban J connectivity index is 1.67. The first-order valence-electron chi connectivity index (χ1n) is 11.8. The minimum absolute atomic E-state index is 0.115. The van der Waals surface area contributed by atoms with Crippen LogP contribution in [0.15, 0.2) is 30.3 Å². The van der Waals surface area contributed by atoms with E-state index in [2.05, 4.69) is 12.1 Å². The lowest BCUT2D eigenvalue weighted by molar-refractivity contribution is -0.143. The van der Waals surface area contributed by atoms with Gasteiger partial charge in [-0.1, -0.05) is 51.1 Å². The van der Waals surface area contributed by atoms with Gasteiger partial charge in [0.1, 0.15) is 5.82 Å². The van der Waals surface area contributed by atoms with Crippen molar-refractivity contribution in [3.05, 3.63) is 53.0 Å².